The Morgan fingerprint density at radius 3 is 2.29 bits per heavy atom. The summed E-state index contributed by atoms with van der Waals surface area (Å²) >= 11 is 0. The van der Waals surface area contributed by atoms with Crippen molar-refractivity contribution in [2.75, 3.05) is 13.2 Å². The molecule has 0 amide bonds. The van der Waals surface area contributed by atoms with Gasteiger partial charge in [-0.2, -0.15) is 0 Å². The second-order valence-corrected chi connectivity index (χ2v) is 12.4. The zero-order valence-electron chi connectivity index (χ0n) is 22.6. The Morgan fingerprint density at radius 2 is 1.71 bits per heavy atom. The summed E-state index contributed by atoms with van der Waals surface area (Å²) in [5.74, 6) is -4.85. The van der Waals surface area contributed by atoms with E-state index in [2.05, 4.69) is 0 Å². The van der Waals surface area contributed by atoms with Crippen LogP contribution in [-0.4, -0.2) is 56.6 Å². The van der Waals surface area contributed by atoms with Crippen LogP contribution in [0.5, 0.6) is 5.75 Å². The minimum absolute atomic E-state index is 0.0778. The highest BCUT2D eigenvalue weighted by atomic mass is 16.5. The monoisotopic (exact) mass is 524 g/mol. The minimum atomic E-state index is -2.59. The van der Waals surface area contributed by atoms with Crippen molar-refractivity contribution in [3.63, 3.8) is 0 Å². The molecular weight excluding hydrogens is 488 g/mol. The highest BCUT2D eigenvalue weighted by Crippen LogP contribution is 2.65. The van der Waals surface area contributed by atoms with Gasteiger partial charge in [-0.25, -0.2) is 0 Å². The molecule has 0 spiro atoms. The highest BCUT2D eigenvalue weighted by Gasteiger charge is 2.71. The van der Waals surface area contributed by atoms with Crippen LogP contribution in [-0.2, 0) is 20.7 Å². The van der Waals surface area contributed by atoms with Crippen molar-refractivity contribution >= 4 is 17.3 Å². The molecule has 4 atom stereocenters. The first-order valence-corrected chi connectivity index (χ1v) is 13.3. The van der Waals surface area contributed by atoms with Crippen LogP contribution in [0, 0.1) is 22.7 Å². The Hall–Kier alpha value is -2.97. The number of fused-ring (bicyclic) bond motifs is 3. The number of carbonyl (C=O) groups excluding carboxylic acids is 3. The van der Waals surface area contributed by atoms with Gasteiger partial charge in [0.15, 0.2) is 17.2 Å². The smallest absolute Gasteiger partial charge is 0.209 e. The van der Waals surface area contributed by atoms with Gasteiger partial charge in [-0.05, 0) is 61.6 Å². The Bertz CT molecular complexity index is 1330. The van der Waals surface area contributed by atoms with Gasteiger partial charge in [-0.3, -0.25) is 14.4 Å². The lowest BCUT2D eigenvalue weighted by atomic mass is 9.44. The largest absolute Gasteiger partial charge is 0.511 e. The molecule has 5 rings (SSSR count). The number of aliphatic hydroxyl groups is 3. The maximum atomic E-state index is 14.1. The number of phenols is 1. The second kappa shape index (κ2) is 8.52. The number of hydrogen-bond donors (Lipinski definition) is 4. The van der Waals surface area contributed by atoms with Gasteiger partial charge in [0.05, 0.1) is 5.56 Å². The summed E-state index contributed by atoms with van der Waals surface area (Å²) in [7, 11) is 0. The predicted molar refractivity (Wildman–Crippen MR) is 138 cm³/mol. The summed E-state index contributed by atoms with van der Waals surface area (Å²) in [4.78, 5) is 40.3. The van der Waals surface area contributed by atoms with E-state index >= 15 is 0 Å². The van der Waals surface area contributed by atoms with E-state index in [0.717, 1.165) is 25.3 Å². The lowest BCUT2D eigenvalue weighted by Crippen LogP contribution is -2.67. The number of aromatic hydroxyl groups is 1. The van der Waals surface area contributed by atoms with Crippen LogP contribution in [0.1, 0.15) is 81.3 Å². The van der Waals surface area contributed by atoms with Gasteiger partial charge in [-0.15, -0.1) is 0 Å². The molecule has 0 bridgehead atoms. The Kier molecular flexibility index (Phi) is 5.97. The number of hydrogen-bond acceptors (Lipinski definition) is 8. The third-order valence-electron chi connectivity index (χ3n) is 9.59. The van der Waals surface area contributed by atoms with Crippen molar-refractivity contribution < 1.29 is 39.5 Å². The zero-order valence-corrected chi connectivity index (χ0v) is 22.6. The predicted octanol–water partition coefficient (Wildman–Crippen LogP) is 4.24. The third-order valence-corrected chi connectivity index (χ3v) is 9.59. The molecule has 0 saturated carbocycles. The van der Waals surface area contributed by atoms with Crippen LogP contribution in [0.4, 0.5) is 0 Å². The summed E-state index contributed by atoms with van der Waals surface area (Å²) in [6.45, 7) is 9.44. The van der Waals surface area contributed by atoms with Crippen molar-refractivity contribution in [3.05, 3.63) is 51.5 Å². The zero-order chi connectivity index (χ0) is 27.9. The maximum Gasteiger partial charge on any atom is 0.209 e. The first-order chi connectivity index (χ1) is 17.7. The Labute approximate surface area is 222 Å². The summed E-state index contributed by atoms with van der Waals surface area (Å²) in [5.41, 5.74) is -3.94. The quantitative estimate of drug-likeness (QED) is 0.430. The molecule has 0 aromatic heterocycles. The topological polar surface area (TPSA) is 141 Å². The summed E-state index contributed by atoms with van der Waals surface area (Å²) in [6.07, 6.45) is 1.95. The van der Waals surface area contributed by atoms with Crippen LogP contribution in [0.2, 0.25) is 0 Å². The summed E-state index contributed by atoms with van der Waals surface area (Å²) in [5, 5.41) is 45.8. The molecule has 8 nitrogen and oxygen atoms in total. The first kappa shape index (κ1) is 26.6. The number of ketones is 3. The molecule has 3 aliphatic carbocycles. The second-order valence-electron chi connectivity index (χ2n) is 12.4. The van der Waals surface area contributed by atoms with Crippen LogP contribution < -0.4 is 0 Å². The Morgan fingerprint density at radius 1 is 1.08 bits per heavy atom. The summed E-state index contributed by atoms with van der Waals surface area (Å²) < 4.78 is 5.52. The van der Waals surface area contributed by atoms with Crippen LogP contribution >= 0.6 is 0 Å². The number of allylic oxidation sites excluding steroid dienone is 2. The van der Waals surface area contributed by atoms with E-state index in [4.69, 9.17) is 4.74 Å². The molecule has 8 heteroatoms. The molecule has 1 aromatic carbocycles. The van der Waals surface area contributed by atoms with E-state index in [1.54, 1.807) is 6.92 Å². The number of phenolic OH excluding ortho intramolecular Hbond substituents is 1. The molecule has 204 valence electrons. The molecule has 38 heavy (non-hydrogen) atoms. The average molecular weight is 525 g/mol. The fourth-order valence-corrected chi connectivity index (χ4v) is 8.15. The Balaban J connectivity index is 1.78. The van der Waals surface area contributed by atoms with Gasteiger partial charge in [0.25, 0.3) is 0 Å². The average Bonchev–Trinajstić information content (AvgIpc) is 2.81. The first-order valence-electron chi connectivity index (χ1n) is 13.3. The molecular formula is C30H36O8. The summed E-state index contributed by atoms with van der Waals surface area (Å²) in [6, 6.07) is 3.34. The number of carbonyl (C=O) groups is 3. The molecule has 1 heterocycles. The fraction of sp³-hybridized carbons (Fsp3) is 0.567. The van der Waals surface area contributed by atoms with Gasteiger partial charge in [0.2, 0.25) is 5.78 Å². The normalized spacial score (nSPS) is 33.8. The minimum Gasteiger partial charge on any atom is -0.511 e. The lowest BCUT2D eigenvalue weighted by molar-refractivity contribution is -0.171. The molecule has 0 radical (unpaired) electrons. The number of benzene rings is 1. The molecule has 4 aliphatic rings. The van der Waals surface area contributed by atoms with Crippen molar-refractivity contribution in [3.8, 4) is 5.75 Å². The molecule has 1 saturated heterocycles. The number of rotatable bonds is 3. The highest BCUT2D eigenvalue weighted by molar-refractivity contribution is 6.25. The molecule has 1 unspecified atom stereocenters. The van der Waals surface area contributed by atoms with Crippen molar-refractivity contribution in [1.82, 2.24) is 0 Å². The number of ether oxygens (including phenoxy) is 1. The lowest BCUT2D eigenvalue weighted by Gasteiger charge is -2.59. The number of Topliss-reactive ketones (excluding diaryl/α,β-unsaturated/α-hetero) is 3. The number of aliphatic hydroxyl groups excluding tert-OH is 2. The van der Waals surface area contributed by atoms with Gasteiger partial charge in [0, 0.05) is 35.5 Å². The molecule has 1 aromatic rings. The van der Waals surface area contributed by atoms with Crippen molar-refractivity contribution in [2.24, 2.45) is 22.7 Å². The van der Waals surface area contributed by atoms with E-state index in [1.807, 2.05) is 26.8 Å². The molecule has 1 fully saturated rings. The van der Waals surface area contributed by atoms with Crippen molar-refractivity contribution in [2.45, 2.75) is 71.8 Å². The molecule has 1 aliphatic heterocycles. The maximum absolute atomic E-state index is 14.1. The van der Waals surface area contributed by atoms with E-state index < -0.39 is 51.0 Å². The van der Waals surface area contributed by atoms with Gasteiger partial charge in [0.1, 0.15) is 22.8 Å². The van der Waals surface area contributed by atoms with Crippen LogP contribution in [0.3, 0.4) is 0 Å². The van der Waals surface area contributed by atoms with E-state index in [-0.39, 0.29) is 40.9 Å². The van der Waals surface area contributed by atoms with E-state index in [9.17, 15) is 34.8 Å². The van der Waals surface area contributed by atoms with E-state index in [0.29, 0.717) is 25.2 Å². The fourth-order valence-electron chi connectivity index (χ4n) is 8.15. The van der Waals surface area contributed by atoms with Crippen LogP contribution in [0.25, 0.3) is 0 Å². The standard InChI is InChI=1S/C30H36O8/c1-14(2)22-24(33)20(15(3)31)26(35)30(37)27(36)23-25(34)21-18(12-28(23,4)13-29(22,30)5)17(6-7-19(21)32)16-8-10-38-11-9-16/h6-7,14,16,22,32-33,36-37H,8-13H2,1-5H3/t22?,28-,29-,30+/m1/s1. The van der Waals surface area contributed by atoms with Crippen molar-refractivity contribution in [1.29, 1.82) is 0 Å². The molecule has 4 N–H and O–H groups in total. The van der Waals surface area contributed by atoms with Crippen LogP contribution in [0.15, 0.2) is 34.8 Å². The van der Waals surface area contributed by atoms with E-state index in [1.165, 1.54) is 6.07 Å². The third kappa shape index (κ3) is 3.26. The van der Waals surface area contributed by atoms with Gasteiger partial charge in [-0.1, -0.05) is 33.8 Å². The van der Waals surface area contributed by atoms with Gasteiger partial charge >= 0.3 is 0 Å². The SMILES string of the molecule is CC(=O)C1=C(O)C(C(C)C)[C@@]2(C)C[C@@]3(C)Cc4c(C5CCOCC5)ccc(O)c4C(=O)C3=C(O)[C@@]2(O)C1=O. The van der Waals surface area contributed by atoms with Gasteiger partial charge < -0.3 is 25.2 Å².